The van der Waals surface area contributed by atoms with E-state index in [2.05, 4.69) is 31.0 Å². The van der Waals surface area contributed by atoms with Gasteiger partial charge in [0.2, 0.25) is 0 Å². The van der Waals surface area contributed by atoms with Crippen LogP contribution in [0.2, 0.25) is 0 Å². The largest absolute Gasteiger partial charge is 0.450 e. The molecule has 7 heteroatoms. The molecular formula is C18H36N4O3. The van der Waals surface area contributed by atoms with Crippen LogP contribution in [0.25, 0.3) is 0 Å². The Hall–Kier alpha value is -1.50. The van der Waals surface area contributed by atoms with Crippen LogP contribution in [-0.2, 0) is 4.74 Å². The molecule has 1 rings (SSSR count). The molecule has 0 bridgehead atoms. The van der Waals surface area contributed by atoms with Crippen molar-refractivity contribution in [2.45, 2.75) is 40.5 Å². The number of amides is 1. The molecule has 1 fully saturated rings. The summed E-state index contributed by atoms with van der Waals surface area (Å²) < 4.78 is 5.07. The fraction of sp³-hybridized carbons (Fsp3) is 0.889. The highest BCUT2D eigenvalue weighted by molar-refractivity contribution is 5.80. The highest BCUT2D eigenvalue weighted by Crippen LogP contribution is 2.16. The molecule has 1 atom stereocenters. The molecule has 1 heterocycles. The van der Waals surface area contributed by atoms with Gasteiger partial charge in [0, 0.05) is 45.9 Å². The number of carbonyl (C=O) groups is 1. The molecule has 0 aromatic heterocycles. The maximum Gasteiger partial charge on any atom is 0.409 e. The lowest BCUT2D eigenvalue weighted by Crippen LogP contribution is -2.54. The van der Waals surface area contributed by atoms with Crippen LogP contribution in [0.1, 0.15) is 40.5 Å². The van der Waals surface area contributed by atoms with Crippen LogP contribution in [0.4, 0.5) is 4.79 Å². The Morgan fingerprint density at radius 1 is 1.20 bits per heavy atom. The Morgan fingerprint density at radius 3 is 2.36 bits per heavy atom. The number of guanidine groups is 1. The second kappa shape index (κ2) is 12.0. The van der Waals surface area contributed by atoms with Crippen molar-refractivity contribution in [3.05, 3.63) is 0 Å². The van der Waals surface area contributed by atoms with Crippen molar-refractivity contribution < 1.29 is 14.6 Å². The molecule has 1 saturated heterocycles. The van der Waals surface area contributed by atoms with Crippen molar-refractivity contribution in [2.24, 2.45) is 16.8 Å². The van der Waals surface area contributed by atoms with Gasteiger partial charge in [-0.25, -0.2) is 4.79 Å². The normalized spacial score (nSPS) is 17.0. The highest BCUT2D eigenvalue weighted by atomic mass is 16.6. The molecule has 7 nitrogen and oxygen atoms in total. The van der Waals surface area contributed by atoms with E-state index in [1.807, 2.05) is 6.92 Å². The first-order chi connectivity index (χ1) is 12.0. The number of hydrogen-bond donors (Lipinski definition) is 2. The SMILES string of the molecule is CCNC(=NCC(CCO)CC(C)C)N1CCN(C(=O)OCC)CC1. The summed E-state index contributed by atoms with van der Waals surface area (Å²) in [6.07, 6.45) is 1.63. The van der Waals surface area contributed by atoms with Crippen LogP contribution in [-0.4, -0.2) is 79.4 Å². The standard InChI is InChI=1S/C18H36N4O3/c1-5-19-17(20-14-16(7-12-23)13-15(3)4)21-8-10-22(11-9-21)18(24)25-6-2/h15-16,23H,5-14H2,1-4H3,(H,19,20). The second-order valence-corrected chi connectivity index (χ2v) is 6.88. The summed E-state index contributed by atoms with van der Waals surface area (Å²) in [4.78, 5) is 20.6. The first-order valence-corrected chi connectivity index (χ1v) is 9.57. The van der Waals surface area contributed by atoms with Gasteiger partial charge in [0.05, 0.1) is 6.61 Å². The van der Waals surface area contributed by atoms with Crippen molar-refractivity contribution in [3.63, 3.8) is 0 Å². The number of hydrogen-bond acceptors (Lipinski definition) is 4. The second-order valence-electron chi connectivity index (χ2n) is 6.88. The van der Waals surface area contributed by atoms with Crippen molar-refractivity contribution >= 4 is 12.1 Å². The van der Waals surface area contributed by atoms with Gasteiger partial charge in [-0.3, -0.25) is 4.99 Å². The van der Waals surface area contributed by atoms with Gasteiger partial charge >= 0.3 is 6.09 Å². The lowest BCUT2D eigenvalue weighted by molar-refractivity contribution is 0.0914. The number of nitrogens with zero attached hydrogens (tertiary/aromatic N) is 3. The first-order valence-electron chi connectivity index (χ1n) is 9.57. The molecule has 0 spiro atoms. The topological polar surface area (TPSA) is 77.4 Å². The quantitative estimate of drug-likeness (QED) is 0.512. The van der Waals surface area contributed by atoms with Crippen molar-refractivity contribution in [1.82, 2.24) is 15.1 Å². The van der Waals surface area contributed by atoms with E-state index >= 15 is 0 Å². The van der Waals surface area contributed by atoms with Crippen molar-refractivity contribution in [2.75, 3.05) is 52.5 Å². The van der Waals surface area contributed by atoms with E-state index in [9.17, 15) is 9.90 Å². The Bertz CT molecular complexity index is 407. The number of rotatable bonds is 8. The number of nitrogens with one attached hydrogen (secondary N) is 1. The molecule has 0 radical (unpaired) electrons. The Balaban J connectivity index is 2.62. The molecule has 1 amide bonds. The lowest BCUT2D eigenvalue weighted by atomic mass is 9.94. The number of piperazine rings is 1. The summed E-state index contributed by atoms with van der Waals surface area (Å²) >= 11 is 0. The zero-order valence-electron chi connectivity index (χ0n) is 16.3. The zero-order chi connectivity index (χ0) is 18.7. The van der Waals surface area contributed by atoms with Gasteiger partial charge < -0.3 is 25.0 Å². The van der Waals surface area contributed by atoms with Gasteiger partial charge in [0.15, 0.2) is 5.96 Å². The average molecular weight is 357 g/mol. The van der Waals surface area contributed by atoms with E-state index in [0.29, 0.717) is 31.5 Å². The van der Waals surface area contributed by atoms with Crippen LogP contribution < -0.4 is 5.32 Å². The number of aliphatic imine (C=N–C) groups is 1. The average Bonchev–Trinajstić information content (AvgIpc) is 2.58. The number of ether oxygens (including phenoxy) is 1. The first kappa shape index (κ1) is 21.5. The predicted octanol–water partition coefficient (Wildman–Crippen LogP) is 1.77. The maximum atomic E-state index is 11.8. The minimum Gasteiger partial charge on any atom is -0.450 e. The fourth-order valence-corrected chi connectivity index (χ4v) is 3.09. The monoisotopic (exact) mass is 356 g/mol. The summed E-state index contributed by atoms with van der Waals surface area (Å²) in [6, 6.07) is 0. The third kappa shape index (κ3) is 7.94. The number of aliphatic hydroxyl groups excluding tert-OH is 1. The Morgan fingerprint density at radius 2 is 1.84 bits per heavy atom. The van der Waals surface area contributed by atoms with Gasteiger partial charge in [0.25, 0.3) is 0 Å². The zero-order valence-corrected chi connectivity index (χ0v) is 16.3. The summed E-state index contributed by atoms with van der Waals surface area (Å²) in [5.41, 5.74) is 0. The van der Waals surface area contributed by atoms with Crippen LogP contribution in [0.15, 0.2) is 4.99 Å². The van der Waals surface area contributed by atoms with Gasteiger partial charge in [-0.1, -0.05) is 13.8 Å². The number of carbonyl (C=O) groups excluding carboxylic acids is 1. The molecule has 146 valence electrons. The van der Waals surface area contributed by atoms with Crippen LogP contribution in [0.5, 0.6) is 0 Å². The highest BCUT2D eigenvalue weighted by Gasteiger charge is 2.24. The molecule has 25 heavy (non-hydrogen) atoms. The fourth-order valence-electron chi connectivity index (χ4n) is 3.09. The third-order valence-corrected chi connectivity index (χ3v) is 4.28. The Kier molecular flexibility index (Phi) is 10.3. The summed E-state index contributed by atoms with van der Waals surface area (Å²) in [6.45, 7) is 13.2. The molecule has 1 unspecified atom stereocenters. The van der Waals surface area contributed by atoms with Crippen LogP contribution in [0, 0.1) is 11.8 Å². The smallest absolute Gasteiger partial charge is 0.409 e. The van der Waals surface area contributed by atoms with Gasteiger partial charge in [-0.15, -0.1) is 0 Å². The maximum absolute atomic E-state index is 11.8. The molecule has 0 aromatic carbocycles. The van der Waals surface area contributed by atoms with E-state index in [1.54, 1.807) is 4.90 Å². The van der Waals surface area contributed by atoms with E-state index in [1.165, 1.54) is 0 Å². The molecule has 1 aliphatic rings. The third-order valence-electron chi connectivity index (χ3n) is 4.28. The van der Waals surface area contributed by atoms with E-state index in [0.717, 1.165) is 45.0 Å². The van der Waals surface area contributed by atoms with Crippen LogP contribution in [0.3, 0.4) is 0 Å². The van der Waals surface area contributed by atoms with E-state index < -0.39 is 0 Å². The van der Waals surface area contributed by atoms with Gasteiger partial charge in [-0.2, -0.15) is 0 Å². The Labute approximate surface area is 152 Å². The molecule has 0 aliphatic carbocycles. The lowest BCUT2D eigenvalue weighted by Gasteiger charge is -2.36. The van der Waals surface area contributed by atoms with E-state index in [-0.39, 0.29) is 12.7 Å². The number of aliphatic hydroxyl groups is 1. The summed E-state index contributed by atoms with van der Waals surface area (Å²) in [7, 11) is 0. The molecule has 0 saturated carbocycles. The molecule has 2 N–H and O–H groups in total. The minimum absolute atomic E-state index is 0.210. The van der Waals surface area contributed by atoms with Crippen molar-refractivity contribution in [1.29, 1.82) is 0 Å². The molecular weight excluding hydrogens is 320 g/mol. The van der Waals surface area contributed by atoms with Crippen molar-refractivity contribution in [3.8, 4) is 0 Å². The van der Waals surface area contributed by atoms with Gasteiger partial charge in [-0.05, 0) is 38.5 Å². The summed E-state index contributed by atoms with van der Waals surface area (Å²) in [5, 5.41) is 12.6. The molecule has 1 aliphatic heterocycles. The van der Waals surface area contributed by atoms with E-state index in [4.69, 9.17) is 9.73 Å². The molecule has 0 aromatic rings. The van der Waals surface area contributed by atoms with Gasteiger partial charge in [0.1, 0.15) is 0 Å². The predicted molar refractivity (Wildman–Crippen MR) is 101 cm³/mol. The summed E-state index contributed by atoms with van der Waals surface area (Å²) in [5.74, 6) is 1.90. The van der Waals surface area contributed by atoms with Crippen LogP contribution >= 0.6 is 0 Å². The minimum atomic E-state index is -0.232.